The fourth-order valence-corrected chi connectivity index (χ4v) is 2.57. The molecule has 0 saturated heterocycles. The highest BCUT2D eigenvalue weighted by Crippen LogP contribution is 2.29. The molecule has 1 N–H and O–H groups in total. The van der Waals surface area contributed by atoms with Crippen LogP contribution in [-0.2, 0) is 11.2 Å². The van der Waals surface area contributed by atoms with Gasteiger partial charge in [0.2, 0.25) is 0 Å². The second kappa shape index (κ2) is 8.97. The zero-order chi connectivity index (χ0) is 18.2. The predicted octanol–water partition coefficient (Wildman–Crippen LogP) is 3.52. The van der Waals surface area contributed by atoms with Crippen LogP contribution in [0.4, 0.5) is 0 Å². The Kier molecular flexibility index (Phi) is 6.69. The summed E-state index contributed by atoms with van der Waals surface area (Å²) in [5, 5.41) is 2.93. The third-order valence-corrected chi connectivity index (χ3v) is 4.00. The monoisotopic (exact) mass is 343 g/mol. The fourth-order valence-electron chi connectivity index (χ4n) is 2.57. The third-order valence-electron chi connectivity index (χ3n) is 4.00. The topological polar surface area (TPSA) is 56.8 Å². The Labute approximate surface area is 148 Å². The standard InChI is InChI=1S/C20H25NO4/c1-5-15-8-6-7-9-17(15)25-13-20(22)21-14(2)16-10-11-18(23-3)19(12-16)24-4/h6-12,14H,5,13H2,1-4H3,(H,21,22). The van der Waals surface area contributed by atoms with E-state index in [0.717, 1.165) is 23.3 Å². The number of hydrogen-bond donors (Lipinski definition) is 1. The first kappa shape index (κ1) is 18.6. The van der Waals surface area contributed by atoms with E-state index >= 15 is 0 Å². The fraction of sp³-hybridized carbons (Fsp3) is 0.350. The van der Waals surface area contributed by atoms with Crippen molar-refractivity contribution < 1.29 is 19.0 Å². The van der Waals surface area contributed by atoms with Gasteiger partial charge in [0.15, 0.2) is 18.1 Å². The molecule has 0 aliphatic rings. The molecule has 0 heterocycles. The van der Waals surface area contributed by atoms with Gasteiger partial charge in [-0.2, -0.15) is 0 Å². The molecule has 0 aromatic heterocycles. The number of carbonyl (C=O) groups excluding carboxylic acids is 1. The van der Waals surface area contributed by atoms with E-state index in [9.17, 15) is 4.79 Å². The largest absolute Gasteiger partial charge is 0.493 e. The second-order valence-corrected chi connectivity index (χ2v) is 5.65. The Morgan fingerprint density at radius 1 is 1.04 bits per heavy atom. The lowest BCUT2D eigenvalue weighted by Crippen LogP contribution is -2.31. The van der Waals surface area contributed by atoms with Crippen LogP contribution in [0, 0.1) is 0 Å². The van der Waals surface area contributed by atoms with Crippen LogP contribution < -0.4 is 19.5 Å². The van der Waals surface area contributed by atoms with Gasteiger partial charge in [-0.1, -0.05) is 31.2 Å². The molecule has 5 heteroatoms. The van der Waals surface area contributed by atoms with E-state index in [1.165, 1.54) is 0 Å². The molecule has 5 nitrogen and oxygen atoms in total. The zero-order valence-corrected chi connectivity index (χ0v) is 15.2. The molecule has 1 amide bonds. The van der Waals surface area contributed by atoms with Crippen molar-refractivity contribution >= 4 is 5.91 Å². The van der Waals surface area contributed by atoms with Gasteiger partial charge in [-0.25, -0.2) is 0 Å². The normalized spacial score (nSPS) is 11.5. The van der Waals surface area contributed by atoms with Crippen molar-refractivity contribution in [3.63, 3.8) is 0 Å². The number of carbonyl (C=O) groups is 1. The van der Waals surface area contributed by atoms with E-state index in [0.29, 0.717) is 11.5 Å². The summed E-state index contributed by atoms with van der Waals surface area (Å²) in [6.45, 7) is 3.95. The molecule has 2 rings (SSSR count). The van der Waals surface area contributed by atoms with Gasteiger partial charge in [0.25, 0.3) is 5.91 Å². The van der Waals surface area contributed by atoms with Gasteiger partial charge in [-0.05, 0) is 42.7 Å². The van der Waals surface area contributed by atoms with Gasteiger partial charge in [0.05, 0.1) is 20.3 Å². The van der Waals surface area contributed by atoms with Gasteiger partial charge in [-0.3, -0.25) is 4.79 Å². The van der Waals surface area contributed by atoms with E-state index < -0.39 is 0 Å². The summed E-state index contributed by atoms with van der Waals surface area (Å²) in [6, 6.07) is 13.2. The molecule has 0 bridgehead atoms. The molecule has 0 radical (unpaired) electrons. The molecule has 0 aliphatic heterocycles. The van der Waals surface area contributed by atoms with Crippen molar-refractivity contribution in [2.75, 3.05) is 20.8 Å². The Hall–Kier alpha value is -2.69. The molecule has 0 fully saturated rings. The van der Waals surface area contributed by atoms with Crippen LogP contribution in [0.3, 0.4) is 0 Å². The Balaban J connectivity index is 1.96. The molecule has 0 saturated carbocycles. The smallest absolute Gasteiger partial charge is 0.258 e. The molecule has 0 spiro atoms. The summed E-state index contributed by atoms with van der Waals surface area (Å²) in [5.74, 6) is 1.87. The Morgan fingerprint density at radius 2 is 1.76 bits per heavy atom. The summed E-state index contributed by atoms with van der Waals surface area (Å²) in [7, 11) is 3.18. The molecule has 1 unspecified atom stereocenters. The van der Waals surface area contributed by atoms with Crippen molar-refractivity contribution in [3.05, 3.63) is 53.6 Å². The minimum absolute atomic E-state index is 0.0192. The third kappa shape index (κ3) is 4.89. The van der Waals surface area contributed by atoms with E-state index in [1.807, 2.05) is 49.4 Å². The minimum Gasteiger partial charge on any atom is -0.493 e. The lowest BCUT2D eigenvalue weighted by Gasteiger charge is -2.17. The summed E-state index contributed by atoms with van der Waals surface area (Å²) in [4.78, 5) is 12.2. The van der Waals surface area contributed by atoms with E-state index in [2.05, 4.69) is 12.2 Å². The van der Waals surface area contributed by atoms with Crippen LogP contribution >= 0.6 is 0 Å². The summed E-state index contributed by atoms with van der Waals surface area (Å²) >= 11 is 0. The van der Waals surface area contributed by atoms with Crippen molar-refractivity contribution in [3.8, 4) is 17.2 Å². The number of para-hydroxylation sites is 1. The molecule has 134 valence electrons. The minimum atomic E-state index is -0.173. The molecule has 0 aliphatic carbocycles. The molecular weight excluding hydrogens is 318 g/mol. The van der Waals surface area contributed by atoms with E-state index in [1.54, 1.807) is 14.2 Å². The number of nitrogens with one attached hydrogen (secondary N) is 1. The number of amides is 1. The van der Waals surface area contributed by atoms with Crippen LogP contribution in [0.25, 0.3) is 0 Å². The lowest BCUT2D eigenvalue weighted by molar-refractivity contribution is -0.123. The Bertz CT molecular complexity index is 715. The van der Waals surface area contributed by atoms with Crippen molar-refractivity contribution in [2.45, 2.75) is 26.3 Å². The summed E-state index contributed by atoms with van der Waals surface area (Å²) in [6.07, 6.45) is 0.861. The van der Waals surface area contributed by atoms with Gasteiger partial charge in [0.1, 0.15) is 5.75 Å². The maximum absolute atomic E-state index is 12.2. The SMILES string of the molecule is CCc1ccccc1OCC(=O)NC(C)c1ccc(OC)c(OC)c1. The number of methoxy groups -OCH3 is 2. The average molecular weight is 343 g/mol. The maximum atomic E-state index is 12.2. The number of benzene rings is 2. The van der Waals surface area contributed by atoms with Crippen LogP contribution in [0.15, 0.2) is 42.5 Å². The van der Waals surface area contributed by atoms with Crippen LogP contribution in [-0.4, -0.2) is 26.7 Å². The predicted molar refractivity (Wildman–Crippen MR) is 97.4 cm³/mol. The van der Waals surface area contributed by atoms with E-state index in [-0.39, 0.29) is 18.6 Å². The first-order valence-corrected chi connectivity index (χ1v) is 8.31. The van der Waals surface area contributed by atoms with Crippen LogP contribution in [0.1, 0.15) is 31.0 Å². The molecule has 2 aromatic rings. The summed E-state index contributed by atoms with van der Waals surface area (Å²) < 4.78 is 16.2. The molecule has 1 atom stereocenters. The first-order valence-electron chi connectivity index (χ1n) is 8.31. The maximum Gasteiger partial charge on any atom is 0.258 e. The van der Waals surface area contributed by atoms with Crippen molar-refractivity contribution in [1.82, 2.24) is 5.32 Å². The quantitative estimate of drug-likeness (QED) is 0.797. The van der Waals surface area contributed by atoms with Crippen LogP contribution in [0.5, 0.6) is 17.2 Å². The van der Waals surface area contributed by atoms with Crippen LogP contribution in [0.2, 0.25) is 0 Å². The first-order chi connectivity index (χ1) is 12.1. The number of hydrogen-bond acceptors (Lipinski definition) is 4. The van der Waals surface area contributed by atoms with Gasteiger partial charge >= 0.3 is 0 Å². The average Bonchev–Trinajstić information content (AvgIpc) is 2.65. The van der Waals surface area contributed by atoms with Gasteiger partial charge in [0, 0.05) is 0 Å². The second-order valence-electron chi connectivity index (χ2n) is 5.65. The number of ether oxygens (including phenoxy) is 3. The Morgan fingerprint density at radius 3 is 2.44 bits per heavy atom. The summed E-state index contributed by atoms with van der Waals surface area (Å²) in [5.41, 5.74) is 2.02. The molecular formula is C20H25NO4. The highest BCUT2D eigenvalue weighted by molar-refractivity contribution is 5.78. The highest BCUT2D eigenvalue weighted by Gasteiger charge is 2.13. The highest BCUT2D eigenvalue weighted by atomic mass is 16.5. The van der Waals surface area contributed by atoms with Crippen molar-refractivity contribution in [1.29, 1.82) is 0 Å². The van der Waals surface area contributed by atoms with Gasteiger partial charge in [-0.15, -0.1) is 0 Å². The zero-order valence-electron chi connectivity index (χ0n) is 15.2. The van der Waals surface area contributed by atoms with Gasteiger partial charge < -0.3 is 19.5 Å². The molecule has 25 heavy (non-hydrogen) atoms. The lowest BCUT2D eigenvalue weighted by atomic mass is 10.1. The molecule has 2 aromatic carbocycles. The van der Waals surface area contributed by atoms with Crippen molar-refractivity contribution in [2.24, 2.45) is 0 Å². The number of rotatable bonds is 8. The van der Waals surface area contributed by atoms with E-state index in [4.69, 9.17) is 14.2 Å². The number of aryl methyl sites for hydroxylation is 1.